The van der Waals surface area contributed by atoms with Crippen LogP contribution in [-0.2, 0) is 19.2 Å². The first kappa shape index (κ1) is 28.5. The van der Waals surface area contributed by atoms with Crippen molar-refractivity contribution in [3.05, 3.63) is 17.7 Å². The van der Waals surface area contributed by atoms with Crippen LogP contribution in [-0.4, -0.2) is 97.5 Å². The summed E-state index contributed by atoms with van der Waals surface area (Å²) in [5, 5.41) is 11.7. The number of carboxylic acid groups (broad SMARTS) is 1. The number of rotatable bonds is 13. The molecule has 1 fully saturated rings. The fourth-order valence-electron chi connectivity index (χ4n) is 4.96. The Morgan fingerprint density at radius 2 is 1.92 bits per heavy atom. The number of carbonyl (C=O) groups is 3. The van der Waals surface area contributed by atoms with E-state index < -0.39 is 23.8 Å². The maximum Gasteiger partial charge on any atom is 0.308 e. The SMILES string of the molecule is CCCON(CCC)C(=O)CN1C[C@H](c2cc(OC)c3c(c2)OCO3)C(C(=O)O)[C@@H]1CCN(C)C(C)=O. The molecule has 37 heavy (non-hydrogen) atoms. The van der Waals surface area contributed by atoms with Crippen LogP contribution in [0.25, 0.3) is 0 Å². The Morgan fingerprint density at radius 3 is 2.54 bits per heavy atom. The Hall–Kier alpha value is -3.05. The molecule has 0 spiro atoms. The number of aliphatic carboxylic acids is 1. The van der Waals surface area contributed by atoms with E-state index in [1.807, 2.05) is 18.7 Å². The van der Waals surface area contributed by atoms with Gasteiger partial charge in [-0.15, -0.1) is 0 Å². The minimum atomic E-state index is -0.959. The standard InChI is InChI=1S/C26H39N3O8/c1-6-9-29(37-11-7-2)23(31)15-28-14-19(18-12-21(34-5)25-22(13-18)35-16-36-25)24(26(32)33)20(28)8-10-27(4)17(3)30/h12-13,19-20,24H,6-11,14-16H2,1-5H3,(H,32,33)/t19-,20+,24?/m1/s1. The third-order valence-corrected chi connectivity index (χ3v) is 6.93. The molecule has 0 saturated carbocycles. The average molecular weight is 522 g/mol. The zero-order chi connectivity index (χ0) is 27.1. The van der Waals surface area contributed by atoms with Gasteiger partial charge in [-0.3, -0.25) is 24.1 Å². The van der Waals surface area contributed by atoms with Crippen LogP contribution >= 0.6 is 0 Å². The minimum Gasteiger partial charge on any atom is -0.493 e. The van der Waals surface area contributed by atoms with Crippen molar-refractivity contribution in [3.8, 4) is 17.2 Å². The fourth-order valence-corrected chi connectivity index (χ4v) is 4.96. The van der Waals surface area contributed by atoms with Gasteiger partial charge in [0.25, 0.3) is 5.91 Å². The highest BCUT2D eigenvalue weighted by molar-refractivity contribution is 5.78. The molecule has 2 aliphatic rings. The van der Waals surface area contributed by atoms with Gasteiger partial charge in [0, 0.05) is 45.6 Å². The van der Waals surface area contributed by atoms with Gasteiger partial charge in [-0.25, -0.2) is 5.06 Å². The minimum absolute atomic E-state index is 0.0140. The molecule has 1 N–H and O–H groups in total. The summed E-state index contributed by atoms with van der Waals surface area (Å²) in [4.78, 5) is 46.9. The summed E-state index contributed by atoms with van der Waals surface area (Å²) < 4.78 is 16.6. The molecule has 0 bridgehead atoms. The van der Waals surface area contributed by atoms with Crippen LogP contribution in [0, 0.1) is 5.92 Å². The lowest BCUT2D eigenvalue weighted by Crippen LogP contribution is -2.45. The summed E-state index contributed by atoms with van der Waals surface area (Å²) in [6.07, 6.45) is 1.91. The fraction of sp³-hybridized carbons (Fsp3) is 0.654. The lowest BCUT2D eigenvalue weighted by atomic mass is 9.84. The van der Waals surface area contributed by atoms with Gasteiger partial charge in [-0.05, 0) is 37.0 Å². The molecule has 2 heterocycles. The predicted molar refractivity (Wildman–Crippen MR) is 135 cm³/mol. The lowest BCUT2D eigenvalue weighted by molar-refractivity contribution is -0.188. The molecule has 11 heteroatoms. The van der Waals surface area contributed by atoms with Crippen molar-refractivity contribution in [3.63, 3.8) is 0 Å². The number of hydrogen-bond donors (Lipinski definition) is 1. The van der Waals surface area contributed by atoms with Gasteiger partial charge in [-0.1, -0.05) is 13.8 Å². The van der Waals surface area contributed by atoms with Gasteiger partial charge in [0.2, 0.25) is 18.4 Å². The molecule has 2 amide bonds. The summed E-state index contributed by atoms with van der Waals surface area (Å²) >= 11 is 0. The quantitative estimate of drug-likeness (QED) is 0.390. The van der Waals surface area contributed by atoms with E-state index in [0.29, 0.717) is 49.9 Å². The van der Waals surface area contributed by atoms with E-state index in [-0.39, 0.29) is 25.2 Å². The number of carboxylic acids is 1. The first-order valence-electron chi connectivity index (χ1n) is 12.8. The summed E-state index contributed by atoms with van der Waals surface area (Å²) in [6, 6.07) is 3.11. The third-order valence-electron chi connectivity index (χ3n) is 6.93. The molecule has 3 atom stereocenters. The highest BCUT2D eigenvalue weighted by Crippen LogP contribution is 2.47. The van der Waals surface area contributed by atoms with Crippen LogP contribution in [0.5, 0.6) is 17.2 Å². The molecule has 2 aliphatic heterocycles. The maximum absolute atomic E-state index is 13.3. The first-order chi connectivity index (χ1) is 17.7. The lowest BCUT2D eigenvalue weighted by Gasteiger charge is -2.30. The smallest absolute Gasteiger partial charge is 0.308 e. The van der Waals surface area contributed by atoms with E-state index in [1.165, 1.54) is 19.1 Å². The van der Waals surface area contributed by atoms with Crippen LogP contribution in [0.15, 0.2) is 12.1 Å². The number of ether oxygens (including phenoxy) is 3. The number of nitrogens with zero attached hydrogens (tertiary/aromatic N) is 3. The van der Waals surface area contributed by atoms with Gasteiger partial charge in [0.15, 0.2) is 11.5 Å². The Kier molecular flexibility index (Phi) is 9.99. The number of likely N-dealkylation sites (tertiary alicyclic amines) is 1. The molecular formula is C26H39N3O8. The Balaban J connectivity index is 1.93. The normalized spacial score (nSPS) is 20.6. The third kappa shape index (κ3) is 6.64. The molecule has 1 unspecified atom stereocenters. The van der Waals surface area contributed by atoms with Crippen molar-refractivity contribution in [2.75, 3.05) is 53.7 Å². The summed E-state index contributed by atoms with van der Waals surface area (Å²) in [7, 11) is 3.21. The van der Waals surface area contributed by atoms with Crippen molar-refractivity contribution < 1.29 is 38.5 Å². The molecule has 1 aromatic rings. The van der Waals surface area contributed by atoms with Crippen molar-refractivity contribution in [1.82, 2.24) is 14.9 Å². The zero-order valence-electron chi connectivity index (χ0n) is 22.4. The molecule has 0 aromatic heterocycles. The van der Waals surface area contributed by atoms with Crippen molar-refractivity contribution in [2.45, 2.75) is 52.0 Å². The van der Waals surface area contributed by atoms with E-state index in [9.17, 15) is 19.5 Å². The molecule has 11 nitrogen and oxygen atoms in total. The van der Waals surface area contributed by atoms with Crippen LogP contribution in [0.1, 0.15) is 51.5 Å². The van der Waals surface area contributed by atoms with Crippen LogP contribution < -0.4 is 14.2 Å². The average Bonchev–Trinajstić information content (AvgIpc) is 3.48. The second-order valence-electron chi connectivity index (χ2n) is 9.48. The monoisotopic (exact) mass is 521 g/mol. The highest BCUT2D eigenvalue weighted by atomic mass is 16.7. The molecule has 206 valence electrons. The second kappa shape index (κ2) is 13.0. The number of benzene rings is 1. The summed E-state index contributed by atoms with van der Waals surface area (Å²) in [6.45, 7) is 7.08. The largest absolute Gasteiger partial charge is 0.493 e. The van der Waals surface area contributed by atoms with E-state index >= 15 is 0 Å². The first-order valence-corrected chi connectivity index (χ1v) is 12.8. The second-order valence-corrected chi connectivity index (χ2v) is 9.48. The van der Waals surface area contributed by atoms with E-state index in [2.05, 4.69) is 0 Å². The van der Waals surface area contributed by atoms with Crippen molar-refractivity contribution in [1.29, 1.82) is 0 Å². The molecule has 0 radical (unpaired) electrons. The Morgan fingerprint density at radius 1 is 1.16 bits per heavy atom. The number of fused-ring (bicyclic) bond motifs is 1. The van der Waals surface area contributed by atoms with Gasteiger partial charge in [0.05, 0.1) is 26.2 Å². The van der Waals surface area contributed by atoms with Crippen LogP contribution in [0.2, 0.25) is 0 Å². The molecule has 1 aromatic carbocycles. The van der Waals surface area contributed by atoms with Gasteiger partial charge in [-0.2, -0.15) is 0 Å². The molecule has 3 rings (SSSR count). The van der Waals surface area contributed by atoms with E-state index in [1.54, 1.807) is 24.1 Å². The van der Waals surface area contributed by atoms with Gasteiger partial charge < -0.3 is 24.2 Å². The van der Waals surface area contributed by atoms with Crippen LogP contribution in [0.4, 0.5) is 0 Å². The number of methoxy groups -OCH3 is 1. The predicted octanol–water partition coefficient (Wildman–Crippen LogP) is 2.34. The van der Waals surface area contributed by atoms with Gasteiger partial charge >= 0.3 is 5.97 Å². The topological polar surface area (TPSA) is 118 Å². The molecule has 1 saturated heterocycles. The van der Waals surface area contributed by atoms with Gasteiger partial charge in [0.1, 0.15) is 0 Å². The van der Waals surface area contributed by atoms with Crippen LogP contribution in [0.3, 0.4) is 0 Å². The summed E-state index contributed by atoms with van der Waals surface area (Å²) in [5.74, 6) is -1.06. The number of amides is 2. The van der Waals surface area contributed by atoms with Crippen molar-refractivity contribution in [2.24, 2.45) is 5.92 Å². The number of hydroxylamine groups is 2. The Labute approximate surface area is 218 Å². The number of hydrogen-bond acceptors (Lipinski definition) is 8. The van der Waals surface area contributed by atoms with E-state index in [0.717, 1.165) is 18.4 Å². The van der Waals surface area contributed by atoms with Crippen molar-refractivity contribution >= 4 is 17.8 Å². The molecular weight excluding hydrogens is 482 g/mol. The Bertz CT molecular complexity index is 971. The van der Waals surface area contributed by atoms with E-state index in [4.69, 9.17) is 19.0 Å². The maximum atomic E-state index is 13.3. The highest BCUT2D eigenvalue weighted by Gasteiger charge is 2.47. The number of carbonyl (C=O) groups excluding carboxylic acids is 2. The molecule has 0 aliphatic carbocycles. The zero-order valence-corrected chi connectivity index (χ0v) is 22.4. The summed E-state index contributed by atoms with van der Waals surface area (Å²) in [5.41, 5.74) is 0.737.